The van der Waals surface area contributed by atoms with Gasteiger partial charge in [-0.25, -0.2) is 0 Å². The maximum Gasteiger partial charge on any atom is 0.257 e. The van der Waals surface area contributed by atoms with Crippen molar-refractivity contribution in [3.63, 3.8) is 0 Å². The highest BCUT2D eigenvalue weighted by Gasteiger charge is 2.17. The summed E-state index contributed by atoms with van der Waals surface area (Å²) in [6, 6.07) is 10.8. The average Bonchev–Trinajstić information content (AvgIpc) is 2.70. The van der Waals surface area contributed by atoms with Crippen LogP contribution in [0.3, 0.4) is 0 Å². The van der Waals surface area contributed by atoms with E-state index in [-0.39, 0.29) is 11.0 Å². The van der Waals surface area contributed by atoms with Crippen LogP contribution in [0.5, 0.6) is 5.75 Å². The number of hydrogen-bond donors (Lipinski definition) is 2. The Bertz CT molecular complexity index is 935. The molecule has 0 spiro atoms. The van der Waals surface area contributed by atoms with Crippen LogP contribution in [0.15, 0.2) is 40.9 Å². The van der Waals surface area contributed by atoms with E-state index in [1.165, 1.54) is 0 Å². The number of carbonyl (C=O) groups excluding carboxylic acids is 1. The van der Waals surface area contributed by atoms with Crippen LogP contribution in [0, 0.1) is 0 Å². The second-order valence-corrected chi connectivity index (χ2v) is 8.61. The number of ether oxygens (including phenoxy) is 1. The molecule has 2 N–H and O–H groups in total. The third-order valence-electron chi connectivity index (χ3n) is 4.77. The molecule has 30 heavy (non-hydrogen) atoms. The molecule has 0 atom stereocenters. The highest BCUT2D eigenvalue weighted by atomic mass is 79.9. The molecule has 0 unspecified atom stereocenters. The van der Waals surface area contributed by atoms with E-state index in [4.69, 9.17) is 28.6 Å². The zero-order chi connectivity index (χ0) is 21.7. The molecule has 0 radical (unpaired) electrons. The molecule has 1 heterocycles. The summed E-state index contributed by atoms with van der Waals surface area (Å²) in [7, 11) is 2.12. The number of amides is 1. The van der Waals surface area contributed by atoms with Crippen molar-refractivity contribution in [3.8, 4) is 5.75 Å². The third-order valence-corrected chi connectivity index (χ3v) is 5.90. The van der Waals surface area contributed by atoms with Gasteiger partial charge in [-0.2, -0.15) is 0 Å². The molecule has 9 heteroatoms. The topological polar surface area (TPSA) is 56.8 Å². The van der Waals surface area contributed by atoms with Gasteiger partial charge in [0.25, 0.3) is 5.91 Å². The first-order valence-corrected chi connectivity index (χ1v) is 11.2. The van der Waals surface area contributed by atoms with Gasteiger partial charge >= 0.3 is 0 Å². The van der Waals surface area contributed by atoms with Crippen LogP contribution >= 0.6 is 39.7 Å². The monoisotopic (exact) mass is 510 g/mol. The van der Waals surface area contributed by atoms with Crippen molar-refractivity contribution in [1.82, 2.24) is 10.2 Å². The van der Waals surface area contributed by atoms with E-state index in [2.05, 4.69) is 43.4 Å². The number of nitrogens with one attached hydrogen (secondary N) is 2. The minimum Gasteiger partial charge on any atom is -0.493 e. The van der Waals surface area contributed by atoms with Gasteiger partial charge in [-0.1, -0.05) is 11.6 Å². The maximum atomic E-state index is 12.5. The Hall–Kier alpha value is -1.87. The lowest BCUT2D eigenvalue weighted by atomic mass is 10.2. The summed E-state index contributed by atoms with van der Waals surface area (Å²) >= 11 is 15.2. The normalized spacial score (nSPS) is 14.3. The molecule has 0 bridgehead atoms. The quantitative estimate of drug-likeness (QED) is 0.581. The number of rotatable bonds is 5. The summed E-state index contributed by atoms with van der Waals surface area (Å²) in [6.07, 6.45) is 0. The van der Waals surface area contributed by atoms with Gasteiger partial charge in [0.05, 0.1) is 21.8 Å². The zero-order valence-corrected chi connectivity index (χ0v) is 20.0. The van der Waals surface area contributed by atoms with Crippen LogP contribution in [0.4, 0.5) is 11.4 Å². The number of hydrogen-bond acceptors (Lipinski definition) is 5. The van der Waals surface area contributed by atoms with Gasteiger partial charge in [-0.3, -0.25) is 10.1 Å². The summed E-state index contributed by atoms with van der Waals surface area (Å²) < 4.78 is 6.18. The molecule has 6 nitrogen and oxygen atoms in total. The van der Waals surface area contributed by atoms with Crippen LogP contribution in [-0.2, 0) is 0 Å². The number of benzene rings is 2. The fraction of sp³-hybridized carbons (Fsp3) is 0.333. The Labute approximate surface area is 195 Å². The second-order valence-electron chi connectivity index (χ2n) is 6.94. The summed E-state index contributed by atoms with van der Waals surface area (Å²) in [4.78, 5) is 17.1. The van der Waals surface area contributed by atoms with Crippen LogP contribution in [-0.4, -0.2) is 55.8 Å². The van der Waals surface area contributed by atoms with E-state index in [0.717, 1.165) is 37.6 Å². The Morgan fingerprint density at radius 3 is 2.57 bits per heavy atom. The lowest BCUT2D eigenvalue weighted by Gasteiger charge is -2.34. The predicted molar refractivity (Wildman–Crippen MR) is 130 cm³/mol. The van der Waals surface area contributed by atoms with Gasteiger partial charge in [0, 0.05) is 37.4 Å². The third kappa shape index (κ3) is 5.85. The van der Waals surface area contributed by atoms with E-state index in [0.29, 0.717) is 27.4 Å². The maximum absolute atomic E-state index is 12.5. The highest BCUT2D eigenvalue weighted by Crippen LogP contribution is 2.30. The van der Waals surface area contributed by atoms with Gasteiger partial charge in [0.1, 0.15) is 5.75 Å². The Balaban J connectivity index is 1.60. The summed E-state index contributed by atoms with van der Waals surface area (Å²) in [6.45, 7) is 6.35. The van der Waals surface area contributed by atoms with Crippen LogP contribution < -0.4 is 20.3 Å². The fourth-order valence-electron chi connectivity index (χ4n) is 3.14. The average molecular weight is 512 g/mol. The lowest BCUT2D eigenvalue weighted by Crippen LogP contribution is -2.44. The van der Waals surface area contributed by atoms with Crippen molar-refractivity contribution in [1.29, 1.82) is 0 Å². The Morgan fingerprint density at radius 1 is 1.20 bits per heavy atom. The molecule has 1 aliphatic heterocycles. The highest BCUT2D eigenvalue weighted by molar-refractivity contribution is 9.10. The predicted octanol–water partition coefficient (Wildman–Crippen LogP) is 4.38. The molecule has 3 rings (SSSR count). The van der Waals surface area contributed by atoms with Crippen LogP contribution in [0.2, 0.25) is 5.02 Å². The molecule has 2 aromatic carbocycles. The van der Waals surface area contributed by atoms with Gasteiger partial charge in [-0.15, -0.1) is 0 Å². The largest absolute Gasteiger partial charge is 0.493 e. The molecule has 1 saturated heterocycles. The van der Waals surface area contributed by atoms with E-state index in [9.17, 15) is 4.79 Å². The number of anilines is 2. The zero-order valence-electron chi connectivity index (χ0n) is 16.9. The van der Waals surface area contributed by atoms with Crippen molar-refractivity contribution in [2.24, 2.45) is 0 Å². The van der Waals surface area contributed by atoms with Crippen molar-refractivity contribution in [3.05, 3.63) is 51.5 Å². The van der Waals surface area contributed by atoms with Crippen molar-refractivity contribution < 1.29 is 9.53 Å². The van der Waals surface area contributed by atoms with E-state index < -0.39 is 0 Å². The molecule has 0 aliphatic carbocycles. The standard InChI is InChI=1S/C21H24BrClN4O2S/c1-3-29-19-7-4-14(12-16(19)22)20(28)25-21(30)24-15-5-6-18(17(23)13-15)27-10-8-26(2)9-11-27/h4-7,12-13H,3,8-11H2,1-2H3,(H2,24,25,28,30). The van der Waals surface area contributed by atoms with Gasteiger partial charge in [0.2, 0.25) is 0 Å². The van der Waals surface area contributed by atoms with Gasteiger partial charge in [0.15, 0.2) is 5.11 Å². The second kappa shape index (κ2) is 10.4. The smallest absolute Gasteiger partial charge is 0.257 e. The number of carbonyl (C=O) groups is 1. The molecular weight excluding hydrogens is 488 g/mol. The molecule has 2 aromatic rings. The minimum absolute atomic E-state index is 0.202. The molecule has 1 amide bonds. The number of nitrogens with zero attached hydrogens (tertiary/aromatic N) is 2. The van der Waals surface area contributed by atoms with Crippen molar-refractivity contribution >= 4 is 62.1 Å². The Kier molecular flexibility index (Phi) is 7.93. The fourth-order valence-corrected chi connectivity index (χ4v) is 4.14. The first-order valence-electron chi connectivity index (χ1n) is 9.65. The van der Waals surface area contributed by atoms with E-state index in [1.54, 1.807) is 18.2 Å². The van der Waals surface area contributed by atoms with Crippen molar-refractivity contribution in [2.45, 2.75) is 6.92 Å². The molecule has 160 valence electrons. The number of thiocarbonyl (C=S) groups is 1. The lowest BCUT2D eigenvalue weighted by molar-refractivity contribution is 0.0977. The first-order chi connectivity index (χ1) is 14.4. The first kappa shape index (κ1) is 22.8. The van der Waals surface area contributed by atoms with Crippen LogP contribution in [0.1, 0.15) is 17.3 Å². The molecule has 1 fully saturated rings. The van der Waals surface area contributed by atoms with E-state index in [1.807, 2.05) is 25.1 Å². The van der Waals surface area contributed by atoms with E-state index >= 15 is 0 Å². The number of halogens is 2. The number of piperazine rings is 1. The van der Waals surface area contributed by atoms with Crippen molar-refractivity contribution in [2.75, 3.05) is 50.1 Å². The molecule has 0 aromatic heterocycles. The molecule has 1 aliphatic rings. The minimum atomic E-state index is -0.309. The number of likely N-dealkylation sites (N-methyl/N-ethyl adjacent to an activating group) is 1. The van der Waals surface area contributed by atoms with Crippen LogP contribution in [0.25, 0.3) is 0 Å². The Morgan fingerprint density at radius 2 is 1.93 bits per heavy atom. The molecular formula is C21H24BrClN4O2S. The molecule has 0 saturated carbocycles. The SMILES string of the molecule is CCOc1ccc(C(=O)NC(=S)Nc2ccc(N3CCN(C)CC3)c(Cl)c2)cc1Br. The van der Waals surface area contributed by atoms with Gasteiger partial charge in [-0.05, 0) is 78.5 Å². The summed E-state index contributed by atoms with van der Waals surface area (Å²) in [5, 5.41) is 6.55. The van der Waals surface area contributed by atoms with Gasteiger partial charge < -0.3 is 19.9 Å². The summed E-state index contributed by atoms with van der Waals surface area (Å²) in [5.41, 5.74) is 2.19. The summed E-state index contributed by atoms with van der Waals surface area (Å²) in [5.74, 6) is 0.376.